The van der Waals surface area contributed by atoms with Crippen LogP contribution >= 0.6 is 0 Å². The van der Waals surface area contributed by atoms with E-state index in [1.54, 1.807) is 6.08 Å². The van der Waals surface area contributed by atoms with Crippen LogP contribution in [0.25, 0.3) is 0 Å². The van der Waals surface area contributed by atoms with Crippen molar-refractivity contribution in [2.45, 2.75) is 222 Å². The second-order valence-electron chi connectivity index (χ2n) is 19.3. The van der Waals surface area contributed by atoms with Gasteiger partial charge in [0, 0.05) is 6.42 Å². The summed E-state index contributed by atoms with van der Waals surface area (Å²) in [5.74, 6) is -0.302. The minimum Gasteiger partial charge on any atom is -0.394 e. The number of amides is 1. The Morgan fingerprint density at radius 3 is 1.40 bits per heavy atom. The van der Waals surface area contributed by atoms with Gasteiger partial charge < -0.3 is 65.1 Å². The van der Waals surface area contributed by atoms with Gasteiger partial charge in [-0.25, -0.2) is 0 Å². The second kappa shape index (κ2) is 46.8. The van der Waals surface area contributed by atoms with E-state index >= 15 is 0 Å². The van der Waals surface area contributed by atoms with Gasteiger partial charge in [0.2, 0.25) is 5.91 Å². The fraction of sp³-hybridized carbons (Fsp3) is 0.603. The van der Waals surface area contributed by atoms with Gasteiger partial charge >= 0.3 is 0 Å². The summed E-state index contributed by atoms with van der Waals surface area (Å²) < 4.78 is 22.6. The van der Waals surface area contributed by atoms with E-state index in [0.29, 0.717) is 12.8 Å². The molecule has 1 amide bonds. The van der Waals surface area contributed by atoms with Crippen LogP contribution in [0.2, 0.25) is 0 Å². The highest BCUT2D eigenvalue weighted by molar-refractivity contribution is 5.76. The smallest absolute Gasteiger partial charge is 0.220 e. The van der Waals surface area contributed by atoms with E-state index in [9.17, 15) is 45.6 Å². The molecule has 2 rings (SSSR count). The number of allylic oxidation sites excluding steroid dienone is 23. The van der Waals surface area contributed by atoms with Crippen molar-refractivity contribution in [3.8, 4) is 0 Å². The zero-order valence-electron chi connectivity index (χ0n) is 46.4. The van der Waals surface area contributed by atoms with Crippen molar-refractivity contribution < 1.29 is 64.6 Å². The molecule has 0 bridgehead atoms. The van der Waals surface area contributed by atoms with Crippen molar-refractivity contribution in [2.24, 2.45) is 0 Å². The number of hydrogen-bond donors (Lipinski definition) is 9. The Hall–Kier alpha value is -4.13. The lowest BCUT2D eigenvalue weighted by Gasteiger charge is -2.46. The van der Waals surface area contributed by atoms with Gasteiger partial charge in [-0.2, -0.15) is 0 Å². The molecule has 0 spiro atoms. The van der Waals surface area contributed by atoms with Crippen LogP contribution in [-0.4, -0.2) is 140 Å². The van der Waals surface area contributed by atoms with Gasteiger partial charge in [-0.15, -0.1) is 0 Å². The van der Waals surface area contributed by atoms with Gasteiger partial charge in [-0.3, -0.25) is 4.79 Å². The van der Waals surface area contributed by atoms with Crippen molar-refractivity contribution in [3.05, 3.63) is 146 Å². The lowest BCUT2D eigenvalue weighted by Crippen LogP contribution is -2.65. The Kier molecular flexibility index (Phi) is 41.9. The lowest BCUT2D eigenvalue weighted by atomic mass is 9.97. The van der Waals surface area contributed by atoms with E-state index in [0.717, 1.165) is 96.3 Å². The molecule has 0 aliphatic carbocycles. The molecule has 2 heterocycles. The van der Waals surface area contributed by atoms with Crippen LogP contribution in [0.3, 0.4) is 0 Å². The Bertz CT molecular complexity index is 1840. The molecule has 0 aromatic heterocycles. The first-order valence-electron chi connectivity index (χ1n) is 28.6. The van der Waals surface area contributed by atoms with Gasteiger partial charge in [-0.1, -0.05) is 179 Å². The third kappa shape index (κ3) is 32.5. The number of unbranched alkanes of at least 4 members (excludes halogenated alkanes) is 7. The maximum atomic E-state index is 13.2. The summed E-state index contributed by atoms with van der Waals surface area (Å²) in [5, 5.41) is 86.7. The van der Waals surface area contributed by atoms with Crippen LogP contribution in [-0.2, 0) is 23.7 Å². The predicted octanol–water partition coefficient (Wildman–Crippen LogP) is 9.38. The van der Waals surface area contributed by atoms with Gasteiger partial charge in [0.15, 0.2) is 12.6 Å². The van der Waals surface area contributed by atoms with E-state index < -0.39 is 86.8 Å². The first kappa shape index (κ1) is 69.0. The molecule has 77 heavy (non-hydrogen) atoms. The molecule has 0 radical (unpaired) electrons. The molecule has 14 nitrogen and oxygen atoms in total. The highest BCUT2D eigenvalue weighted by Gasteiger charge is 2.51. The van der Waals surface area contributed by atoms with Crippen molar-refractivity contribution >= 4 is 5.91 Å². The number of rotatable bonds is 42. The molecule has 9 N–H and O–H groups in total. The quantitative estimate of drug-likeness (QED) is 0.0205. The van der Waals surface area contributed by atoms with Crippen molar-refractivity contribution in [1.29, 1.82) is 0 Å². The first-order valence-corrected chi connectivity index (χ1v) is 28.6. The Morgan fingerprint density at radius 2 is 0.909 bits per heavy atom. The van der Waals surface area contributed by atoms with Crippen LogP contribution in [0.4, 0.5) is 0 Å². The van der Waals surface area contributed by atoms with Crippen LogP contribution in [0.1, 0.15) is 149 Å². The first-order chi connectivity index (χ1) is 37.6. The zero-order valence-corrected chi connectivity index (χ0v) is 46.4. The molecule has 0 aromatic rings. The van der Waals surface area contributed by atoms with Crippen LogP contribution in [0.5, 0.6) is 0 Å². The maximum Gasteiger partial charge on any atom is 0.220 e. The number of nitrogens with one attached hydrogen (secondary N) is 1. The van der Waals surface area contributed by atoms with Crippen LogP contribution in [0.15, 0.2) is 146 Å². The summed E-state index contributed by atoms with van der Waals surface area (Å²) in [7, 11) is 0. The summed E-state index contributed by atoms with van der Waals surface area (Å²) in [5.41, 5.74) is 0. The number of aliphatic hydroxyl groups excluding tert-OH is 8. The van der Waals surface area contributed by atoms with Gasteiger partial charge in [0.05, 0.1) is 32.0 Å². The van der Waals surface area contributed by atoms with E-state index in [2.05, 4.69) is 153 Å². The number of hydrogen-bond acceptors (Lipinski definition) is 13. The molecular weight excluding hydrogens is 979 g/mol. The minimum absolute atomic E-state index is 0.207. The lowest BCUT2D eigenvalue weighted by molar-refractivity contribution is -0.359. The molecule has 2 aliphatic rings. The summed E-state index contributed by atoms with van der Waals surface area (Å²) in [6, 6.07) is -0.964. The van der Waals surface area contributed by atoms with E-state index in [4.69, 9.17) is 18.9 Å². The third-order valence-corrected chi connectivity index (χ3v) is 12.8. The maximum absolute atomic E-state index is 13.2. The van der Waals surface area contributed by atoms with Gasteiger partial charge in [0.25, 0.3) is 0 Å². The topological polar surface area (TPSA) is 228 Å². The van der Waals surface area contributed by atoms with Crippen LogP contribution in [0, 0.1) is 0 Å². The molecule has 0 saturated carbocycles. The Balaban J connectivity index is 1.73. The van der Waals surface area contributed by atoms with E-state index in [1.807, 2.05) is 6.08 Å². The largest absolute Gasteiger partial charge is 0.394 e. The van der Waals surface area contributed by atoms with Gasteiger partial charge in [-0.05, 0) is 109 Å². The van der Waals surface area contributed by atoms with Gasteiger partial charge in [0.1, 0.15) is 48.8 Å². The normalized spacial score (nSPS) is 25.8. The molecule has 0 aromatic carbocycles. The molecule has 12 unspecified atom stereocenters. The van der Waals surface area contributed by atoms with Crippen molar-refractivity contribution in [2.75, 3.05) is 19.8 Å². The Morgan fingerprint density at radius 1 is 0.481 bits per heavy atom. The fourth-order valence-corrected chi connectivity index (χ4v) is 8.15. The number of carbonyl (C=O) groups excluding carboxylic acids is 1. The monoisotopic (exact) mass is 1080 g/mol. The molecule has 2 aliphatic heterocycles. The van der Waals surface area contributed by atoms with Crippen molar-refractivity contribution in [1.82, 2.24) is 5.32 Å². The highest BCUT2D eigenvalue weighted by Crippen LogP contribution is 2.30. The van der Waals surface area contributed by atoms with E-state index in [-0.39, 0.29) is 18.9 Å². The van der Waals surface area contributed by atoms with E-state index in [1.165, 1.54) is 19.3 Å². The number of ether oxygens (including phenoxy) is 4. The summed E-state index contributed by atoms with van der Waals surface area (Å²) in [4.78, 5) is 13.2. The fourth-order valence-electron chi connectivity index (χ4n) is 8.15. The molecule has 434 valence electrons. The molecule has 2 saturated heterocycles. The average molecular weight is 1080 g/mol. The zero-order chi connectivity index (χ0) is 56.0. The third-order valence-electron chi connectivity index (χ3n) is 12.8. The molecular formula is C63H99NO13. The Labute approximate surface area is 462 Å². The number of aliphatic hydroxyl groups is 8. The molecule has 2 fully saturated rings. The SMILES string of the molecule is CC/C=C\C/C=C\C/C=C\C/C=C\C/C=C\C/C=C\C/C=C\C/C=C\C/C=C\C/C=C\CCCCC(=O)NC(COC1OC(CO)C(OC2OC(CO)C(O)C(O)C2O)C(O)C1O)C(O)/C=C/CC/C=C/CCCCCC. The highest BCUT2D eigenvalue weighted by atomic mass is 16.7. The standard InChI is InChI=1S/C63H99NO13/c1-3-5-7-9-11-13-15-16-17-18-19-20-21-22-23-24-25-26-27-28-29-30-31-32-33-34-35-36-37-39-41-43-45-47-55(68)64-51(52(67)46-44-42-40-38-14-12-10-8-6-4-2)50-74-62-60(73)58(71)61(54(49-66)76-62)77-63-59(72)57(70)56(69)53(48-65)75-63/h5,7,11,13-14,16-17,19-20,22-23,25-26,28-29,31-32,34-35,37-39,44,46,51-54,56-63,65-67,69-73H,3-4,6,8-10,12,15,18,21,24,27,30,33,36,40-43,45,47-50H2,1-2H3,(H,64,68)/b7-5-,13-11-,17-16-,20-19-,23-22-,26-25-,29-28-,32-31-,35-34-,38-14+,39-37-,46-44+. The summed E-state index contributed by atoms with van der Waals surface area (Å²) in [6.07, 6.45) is 53.4. The van der Waals surface area contributed by atoms with Crippen LogP contribution < -0.4 is 5.32 Å². The number of carbonyl (C=O) groups is 1. The minimum atomic E-state index is -1.80. The molecule has 14 heteroatoms. The molecule has 12 atom stereocenters. The summed E-state index contributed by atoms with van der Waals surface area (Å²) >= 11 is 0. The average Bonchev–Trinajstić information content (AvgIpc) is 3.45. The summed E-state index contributed by atoms with van der Waals surface area (Å²) in [6.45, 7) is 2.55. The predicted molar refractivity (Wildman–Crippen MR) is 308 cm³/mol. The van der Waals surface area contributed by atoms with Crippen molar-refractivity contribution in [3.63, 3.8) is 0 Å². The second-order valence-corrected chi connectivity index (χ2v) is 19.3.